The van der Waals surface area contributed by atoms with Gasteiger partial charge in [-0.1, -0.05) is 19.9 Å². The van der Waals surface area contributed by atoms with Crippen molar-refractivity contribution in [3.63, 3.8) is 0 Å². The van der Waals surface area contributed by atoms with Crippen molar-refractivity contribution in [2.75, 3.05) is 5.32 Å². The van der Waals surface area contributed by atoms with Crippen LogP contribution in [0, 0.1) is 6.92 Å². The molecule has 0 saturated carbocycles. The van der Waals surface area contributed by atoms with E-state index in [9.17, 15) is 4.79 Å². The Morgan fingerprint density at radius 3 is 2.71 bits per heavy atom. The lowest BCUT2D eigenvalue weighted by atomic mass is 9.77. The number of aromatic amines is 1. The van der Waals surface area contributed by atoms with E-state index in [1.807, 2.05) is 25.1 Å². The van der Waals surface area contributed by atoms with E-state index in [2.05, 4.69) is 40.2 Å². The molecule has 0 spiro atoms. The Labute approximate surface area is 140 Å². The molecule has 3 heterocycles. The maximum atomic E-state index is 12.5. The van der Waals surface area contributed by atoms with Gasteiger partial charge in [-0.2, -0.15) is 0 Å². The summed E-state index contributed by atoms with van der Waals surface area (Å²) in [5.41, 5.74) is 5.23. The smallest absolute Gasteiger partial charge is 0.235 e. The molecule has 2 aromatic heterocycles. The summed E-state index contributed by atoms with van der Waals surface area (Å²) in [4.78, 5) is 25.0. The SMILES string of the molecule is CCC1(CC)C(=O)Nc2cc3nc(-c4ncccc4C)[nH]c3cc21. The molecule has 1 amide bonds. The van der Waals surface area contributed by atoms with Crippen LogP contribution in [-0.4, -0.2) is 20.9 Å². The summed E-state index contributed by atoms with van der Waals surface area (Å²) in [6.45, 7) is 6.16. The normalized spacial score (nSPS) is 15.5. The van der Waals surface area contributed by atoms with Gasteiger partial charge in [0, 0.05) is 11.9 Å². The standard InChI is InChI=1S/C19H20N4O/c1-4-19(5-2)12-9-14-15(10-13(12)23-18(19)24)22-17(21-14)16-11(3)7-6-8-20-16/h6-10H,4-5H2,1-3H3,(H,21,22)(H,23,24). The zero-order chi connectivity index (χ0) is 16.9. The highest BCUT2D eigenvalue weighted by Crippen LogP contribution is 2.44. The van der Waals surface area contributed by atoms with Crippen molar-refractivity contribution >= 4 is 22.6 Å². The van der Waals surface area contributed by atoms with Crippen molar-refractivity contribution in [1.29, 1.82) is 0 Å². The summed E-state index contributed by atoms with van der Waals surface area (Å²) in [6.07, 6.45) is 3.34. The molecule has 1 aliphatic rings. The molecule has 3 aromatic rings. The summed E-state index contributed by atoms with van der Waals surface area (Å²) in [5.74, 6) is 0.854. The minimum Gasteiger partial charge on any atom is -0.337 e. The van der Waals surface area contributed by atoms with Crippen molar-refractivity contribution < 1.29 is 4.79 Å². The van der Waals surface area contributed by atoms with E-state index in [-0.39, 0.29) is 5.91 Å². The van der Waals surface area contributed by atoms with Gasteiger partial charge in [0.1, 0.15) is 5.69 Å². The molecule has 0 unspecified atom stereocenters. The molecule has 0 bridgehead atoms. The van der Waals surface area contributed by atoms with Gasteiger partial charge in [0.15, 0.2) is 5.82 Å². The summed E-state index contributed by atoms with van der Waals surface area (Å²) >= 11 is 0. The summed E-state index contributed by atoms with van der Waals surface area (Å²) in [6, 6.07) is 7.98. The number of hydrogen-bond donors (Lipinski definition) is 2. The first-order valence-corrected chi connectivity index (χ1v) is 8.36. The van der Waals surface area contributed by atoms with Gasteiger partial charge in [0.2, 0.25) is 5.91 Å². The number of fused-ring (bicyclic) bond motifs is 2. The van der Waals surface area contributed by atoms with E-state index >= 15 is 0 Å². The number of amides is 1. The van der Waals surface area contributed by atoms with Crippen molar-refractivity contribution in [3.8, 4) is 11.5 Å². The number of rotatable bonds is 3. The number of nitrogens with zero attached hydrogens (tertiary/aromatic N) is 2. The number of carbonyl (C=O) groups excluding carboxylic acids is 1. The number of benzene rings is 1. The van der Waals surface area contributed by atoms with Crippen LogP contribution in [0.5, 0.6) is 0 Å². The van der Waals surface area contributed by atoms with Crippen LogP contribution < -0.4 is 5.32 Å². The fraction of sp³-hybridized carbons (Fsp3) is 0.316. The maximum Gasteiger partial charge on any atom is 0.235 e. The predicted octanol–water partition coefficient (Wildman–Crippen LogP) is 3.94. The monoisotopic (exact) mass is 320 g/mol. The van der Waals surface area contributed by atoms with Crippen LogP contribution >= 0.6 is 0 Å². The van der Waals surface area contributed by atoms with E-state index in [0.29, 0.717) is 0 Å². The van der Waals surface area contributed by atoms with Crippen LogP contribution in [0.4, 0.5) is 5.69 Å². The molecular formula is C19H20N4O. The molecule has 2 N–H and O–H groups in total. The number of pyridine rings is 1. The molecular weight excluding hydrogens is 300 g/mol. The van der Waals surface area contributed by atoms with Crippen LogP contribution in [0.25, 0.3) is 22.6 Å². The van der Waals surface area contributed by atoms with Crippen molar-refractivity contribution in [3.05, 3.63) is 41.6 Å². The molecule has 5 heteroatoms. The minimum absolute atomic E-state index is 0.0935. The van der Waals surface area contributed by atoms with Gasteiger partial charge >= 0.3 is 0 Å². The van der Waals surface area contributed by atoms with Gasteiger partial charge in [-0.3, -0.25) is 9.78 Å². The number of H-pyrrole nitrogens is 1. The van der Waals surface area contributed by atoms with Crippen molar-refractivity contribution in [2.24, 2.45) is 0 Å². The minimum atomic E-state index is -0.435. The summed E-state index contributed by atoms with van der Waals surface area (Å²) < 4.78 is 0. The Balaban J connectivity index is 1.90. The number of anilines is 1. The van der Waals surface area contributed by atoms with Gasteiger partial charge in [-0.05, 0) is 49.1 Å². The molecule has 0 atom stereocenters. The van der Waals surface area contributed by atoms with E-state index < -0.39 is 5.41 Å². The quantitative estimate of drug-likeness (QED) is 0.768. The topological polar surface area (TPSA) is 70.7 Å². The second-order valence-electron chi connectivity index (χ2n) is 6.41. The van der Waals surface area contributed by atoms with Crippen molar-refractivity contribution in [1.82, 2.24) is 15.0 Å². The maximum absolute atomic E-state index is 12.5. The van der Waals surface area contributed by atoms with Gasteiger partial charge in [-0.15, -0.1) is 0 Å². The molecule has 1 aromatic carbocycles. The third-order valence-electron chi connectivity index (χ3n) is 5.26. The second-order valence-corrected chi connectivity index (χ2v) is 6.41. The molecule has 0 radical (unpaired) electrons. The van der Waals surface area contributed by atoms with Crippen LogP contribution in [-0.2, 0) is 10.2 Å². The molecule has 122 valence electrons. The Morgan fingerprint density at radius 1 is 1.21 bits per heavy atom. The zero-order valence-electron chi connectivity index (χ0n) is 14.1. The third-order valence-corrected chi connectivity index (χ3v) is 5.26. The zero-order valence-corrected chi connectivity index (χ0v) is 14.1. The van der Waals surface area contributed by atoms with Crippen LogP contribution in [0.1, 0.15) is 37.8 Å². The van der Waals surface area contributed by atoms with Crippen molar-refractivity contribution in [2.45, 2.75) is 39.0 Å². The summed E-state index contributed by atoms with van der Waals surface area (Å²) in [7, 11) is 0. The first-order valence-electron chi connectivity index (χ1n) is 8.36. The van der Waals surface area contributed by atoms with Gasteiger partial charge in [0.05, 0.1) is 16.4 Å². The average Bonchev–Trinajstić information content (AvgIpc) is 3.10. The van der Waals surface area contributed by atoms with E-state index in [4.69, 9.17) is 0 Å². The molecule has 4 rings (SSSR count). The Bertz CT molecular complexity index is 953. The average molecular weight is 320 g/mol. The summed E-state index contributed by atoms with van der Waals surface area (Å²) in [5, 5.41) is 3.03. The van der Waals surface area contributed by atoms with E-state index in [0.717, 1.165) is 52.2 Å². The Morgan fingerprint density at radius 2 is 2.00 bits per heavy atom. The molecule has 1 aliphatic heterocycles. The highest BCUT2D eigenvalue weighted by atomic mass is 16.2. The number of carbonyl (C=O) groups is 1. The second kappa shape index (κ2) is 5.16. The van der Waals surface area contributed by atoms with Gasteiger partial charge in [-0.25, -0.2) is 4.98 Å². The van der Waals surface area contributed by atoms with Gasteiger partial charge < -0.3 is 10.3 Å². The van der Waals surface area contributed by atoms with Gasteiger partial charge in [0.25, 0.3) is 0 Å². The first kappa shape index (κ1) is 14.9. The Hall–Kier alpha value is -2.69. The fourth-order valence-corrected chi connectivity index (χ4v) is 3.72. The number of aryl methyl sites for hydroxylation is 1. The lowest BCUT2D eigenvalue weighted by molar-refractivity contribution is -0.121. The van der Waals surface area contributed by atoms with Crippen LogP contribution in [0.15, 0.2) is 30.5 Å². The van der Waals surface area contributed by atoms with Crippen LogP contribution in [0.3, 0.4) is 0 Å². The van der Waals surface area contributed by atoms with Crippen LogP contribution in [0.2, 0.25) is 0 Å². The highest BCUT2D eigenvalue weighted by molar-refractivity contribution is 6.08. The van der Waals surface area contributed by atoms with E-state index in [1.165, 1.54) is 0 Å². The fourth-order valence-electron chi connectivity index (χ4n) is 3.72. The highest BCUT2D eigenvalue weighted by Gasteiger charge is 2.44. The molecule has 5 nitrogen and oxygen atoms in total. The third kappa shape index (κ3) is 1.90. The number of imidazole rings is 1. The lowest BCUT2D eigenvalue weighted by Gasteiger charge is -2.23. The lowest BCUT2D eigenvalue weighted by Crippen LogP contribution is -2.32. The number of nitrogens with one attached hydrogen (secondary N) is 2. The molecule has 0 fully saturated rings. The Kier molecular flexibility index (Phi) is 3.20. The number of hydrogen-bond acceptors (Lipinski definition) is 3. The first-order chi connectivity index (χ1) is 11.6. The molecule has 24 heavy (non-hydrogen) atoms. The number of aromatic nitrogens is 3. The van der Waals surface area contributed by atoms with E-state index in [1.54, 1.807) is 6.20 Å². The largest absolute Gasteiger partial charge is 0.337 e. The molecule has 0 aliphatic carbocycles. The predicted molar refractivity (Wildman–Crippen MR) is 95.0 cm³/mol. The molecule has 0 saturated heterocycles.